The molecule has 0 aliphatic heterocycles. The van der Waals surface area contributed by atoms with E-state index < -0.39 is 6.10 Å². The molecule has 0 radical (unpaired) electrons. The van der Waals surface area contributed by atoms with Crippen molar-refractivity contribution >= 4 is 17.9 Å². The van der Waals surface area contributed by atoms with Crippen LogP contribution in [0, 0.1) is 0 Å². The van der Waals surface area contributed by atoms with E-state index in [1.165, 1.54) is 128 Å². The summed E-state index contributed by atoms with van der Waals surface area (Å²) in [5.74, 6) is -1.01. The second-order valence-electron chi connectivity index (χ2n) is 19.2. The second kappa shape index (κ2) is 58.6. The standard InChI is InChI=1S/C65H108O6/c1-4-7-10-13-16-19-22-25-28-31-32-35-37-40-43-46-49-52-55-58-64(67)70-61-62(71-65(68)59-56-53-50-47-44-41-38-34-30-27-24-21-18-15-12-9-6-3)60-69-63(66)57-54-51-48-45-42-39-36-33-29-26-23-20-17-14-11-8-5-2/h7,10,16,18-19,21,25-30,32,35,40,43,49,52,62H,4-6,8-9,11-15,17,20,22-24,31,33-34,36-39,41-42,44-48,50-51,53-61H2,1-3H3/b10-7-,19-16-,21-18-,28-25-,29-26-,30-27-,35-32-,43-40-,52-49-/t62-/m1/s1. The van der Waals surface area contributed by atoms with Gasteiger partial charge in [0.25, 0.3) is 0 Å². The lowest BCUT2D eigenvalue weighted by Gasteiger charge is -2.18. The molecule has 0 aromatic rings. The molecular formula is C65H108O6. The summed E-state index contributed by atoms with van der Waals surface area (Å²) in [6, 6.07) is 0. The summed E-state index contributed by atoms with van der Waals surface area (Å²) in [6.07, 6.45) is 79.4. The Balaban J connectivity index is 4.52. The molecule has 6 nitrogen and oxygen atoms in total. The number of allylic oxidation sites excluding steroid dienone is 18. The number of hydrogen-bond acceptors (Lipinski definition) is 6. The highest BCUT2D eigenvalue weighted by molar-refractivity contribution is 5.71. The van der Waals surface area contributed by atoms with Crippen molar-refractivity contribution in [3.8, 4) is 0 Å². The highest BCUT2D eigenvalue weighted by Gasteiger charge is 2.19. The molecular weight excluding hydrogens is 877 g/mol. The van der Waals surface area contributed by atoms with E-state index in [4.69, 9.17) is 14.2 Å². The van der Waals surface area contributed by atoms with E-state index >= 15 is 0 Å². The second-order valence-corrected chi connectivity index (χ2v) is 19.2. The molecule has 0 amide bonds. The maximum atomic E-state index is 12.9. The quantitative estimate of drug-likeness (QED) is 0.0261. The predicted molar refractivity (Wildman–Crippen MR) is 307 cm³/mol. The third-order valence-corrected chi connectivity index (χ3v) is 12.2. The van der Waals surface area contributed by atoms with Crippen LogP contribution in [0.5, 0.6) is 0 Å². The molecule has 71 heavy (non-hydrogen) atoms. The van der Waals surface area contributed by atoms with Gasteiger partial charge in [-0.15, -0.1) is 0 Å². The van der Waals surface area contributed by atoms with Crippen LogP contribution in [0.3, 0.4) is 0 Å². The molecule has 1 atom stereocenters. The van der Waals surface area contributed by atoms with Gasteiger partial charge in [-0.3, -0.25) is 14.4 Å². The average molecular weight is 986 g/mol. The van der Waals surface area contributed by atoms with Gasteiger partial charge in [0, 0.05) is 19.3 Å². The first-order valence-corrected chi connectivity index (χ1v) is 29.4. The summed E-state index contributed by atoms with van der Waals surface area (Å²) >= 11 is 0. The average Bonchev–Trinajstić information content (AvgIpc) is 3.37. The Kier molecular flexibility index (Phi) is 55.4. The van der Waals surface area contributed by atoms with Gasteiger partial charge in [0.2, 0.25) is 0 Å². The monoisotopic (exact) mass is 985 g/mol. The largest absolute Gasteiger partial charge is 0.462 e. The van der Waals surface area contributed by atoms with E-state index in [1.807, 2.05) is 6.08 Å². The first kappa shape index (κ1) is 67.1. The van der Waals surface area contributed by atoms with Gasteiger partial charge in [0.05, 0.1) is 0 Å². The Morgan fingerprint density at radius 2 is 0.577 bits per heavy atom. The van der Waals surface area contributed by atoms with Crippen LogP contribution in [0.4, 0.5) is 0 Å². The van der Waals surface area contributed by atoms with Crippen molar-refractivity contribution in [2.45, 2.75) is 271 Å². The molecule has 0 heterocycles. The molecule has 0 saturated heterocycles. The van der Waals surface area contributed by atoms with Crippen LogP contribution in [0.25, 0.3) is 0 Å². The first-order chi connectivity index (χ1) is 35.0. The van der Waals surface area contributed by atoms with E-state index in [2.05, 4.69) is 124 Å². The highest BCUT2D eigenvalue weighted by atomic mass is 16.6. The highest BCUT2D eigenvalue weighted by Crippen LogP contribution is 2.14. The van der Waals surface area contributed by atoms with Crippen LogP contribution in [0.2, 0.25) is 0 Å². The lowest BCUT2D eigenvalue weighted by atomic mass is 10.1. The first-order valence-electron chi connectivity index (χ1n) is 29.4. The fraction of sp³-hybridized carbons (Fsp3) is 0.677. The maximum absolute atomic E-state index is 12.9. The SMILES string of the molecule is CC/C=C\C/C=C\C/C=C\C/C=C\C/C=C\C/C=C\CCC(=O)OC[C@@H](COC(=O)CCCCCCCCC/C=C\CCCCCCCC)OC(=O)CCCCCCCCC/C=C\C/C=C\CCCCC. The third kappa shape index (κ3) is 56.9. The molecule has 0 spiro atoms. The lowest BCUT2D eigenvalue weighted by molar-refractivity contribution is -0.166. The minimum absolute atomic E-state index is 0.108. The van der Waals surface area contributed by atoms with Crippen LogP contribution in [-0.2, 0) is 28.6 Å². The molecule has 0 aromatic heterocycles. The fourth-order valence-corrected chi connectivity index (χ4v) is 7.85. The number of carbonyl (C=O) groups excluding carboxylic acids is 3. The molecule has 0 aliphatic rings. The Morgan fingerprint density at radius 3 is 0.986 bits per heavy atom. The van der Waals surface area contributed by atoms with Gasteiger partial charge >= 0.3 is 17.9 Å². The summed E-state index contributed by atoms with van der Waals surface area (Å²) in [5, 5.41) is 0. The number of unbranched alkanes of at least 4 members (excludes halogenated alkanes) is 23. The minimum Gasteiger partial charge on any atom is -0.462 e. The van der Waals surface area contributed by atoms with Crippen LogP contribution in [0.1, 0.15) is 265 Å². The zero-order valence-electron chi connectivity index (χ0n) is 46.2. The van der Waals surface area contributed by atoms with E-state index in [-0.39, 0.29) is 37.5 Å². The molecule has 6 heteroatoms. The van der Waals surface area contributed by atoms with Crippen molar-refractivity contribution in [1.82, 2.24) is 0 Å². The number of rotatable bonds is 52. The van der Waals surface area contributed by atoms with Gasteiger partial charge in [0.1, 0.15) is 13.2 Å². The van der Waals surface area contributed by atoms with Crippen molar-refractivity contribution in [2.75, 3.05) is 13.2 Å². The summed E-state index contributed by atoms with van der Waals surface area (Å²) in [5.41, 5.74) is 0. The molecule has 0 unspecified atom stereocenters. The third-order valence-electron chi connectivity index (χ3n) is 12.2. The molecule has 404 valence electrons. The van der Waals surface area contributed by atoms with Crippen molar-refractivity contribution in [2.24, 2.45) is 0 Å². The Hall–Kier alpha value is -3.93. The van der Waals surface area contributed by atoms with E-state index in [1.54, 1.807) is 0 Å². The molecule has 0 rings (SSSR count). The zero-order chi connectivity index (χ0) is 51.4. The molecule has 0 aromatic carbocycles. The van der Waals surface area contributed by atoms with Crippen molar-refractivity contribution in [1.29, 1.82) is 0 Å². The van der Waals surface area contributed by atoms with Crippen molar-refractivity contribution in [3.63, 3.8) is 0 Å². The Bertz CT molecular complexity index is 1460. The summed E-state index contributed by atoms with van der Waals surface area (Å²) in [7, 11) is 0. The fourth-order valence-electron chi connectivity index (χ4n) is 7.85. The normalized spacial score (nSPS) is 12.9. The van der Waals surface area contributed by atoms with Gasteiger partial charge in [-0.1, -0.05) is 239 Å². The molecule has 0 aliphatic carbocycles. The van der Waals surface area contributed by atoms with Gasteiger partial charge in [-0.25, -0.2) is 0 Å². The summed E-state index contributed by atoms with van der Waals surface area (Å²) in [6.45, 7) is 6.43. The van der Waals surface area contributed by atoms with Gasteiger partial charge in [-0.2, -0.15) is 0 Å². The van der Waals surface area contributed by atoms with Crippen LogP contribution < -0.4 is 0 Å². The molecule has 0 N–H and O–H groups in total. The number of ether oxygens (including phenoxy) is 3. The lowest BCUT2D eigenvalue weighted by Crippen LogP contribution is -2.30. The smallest absolute Gasteiger partial charge is 0.306 e. The van der Waals surface area contributed by atoms with Crippen LogP contribution >= 0.6 is 0 Å². The minimum atomic E-state index is -0.817. The predicted octanol–water partition coefficient (Wildman–Crippen LogP) is 19.9. The van der Waals surface area contributed by atoms with E-state index in [0.717, 1.165) is 89.9 Å². The van der Waals surface area contributed by atoms with E-state index in [9.17, 15) is 14.4 Å². The number of carbonyl (C=O) groups is 3. The van der Waals surface area contributed by atoms with Crippen LogP contribution in [0.15, 0.2) is 109 Å². The summed E-state index contributed by atoms with van der Waals surface area (Å²) in [4.78, 5) is 38.2. The van der Waals surface area contributed by atoms with Gasteiger partial charge in [-0.05, 0) is 116 Å². The topological polar surface area (TPSA) is 78.9 Å². The van der Waals surface area contributed by atoms with Gasteiger partial charge < -0.3 is 14.2 Å². The summed E-state index contributed by atoms with van der Waals surface area (Å²) < 4.78 is 16.8. The Labute approximate surface area is 438 Å². The van der Waals surface area contributed by atoms with Crippen molar-refractivity contribution in [3.05, 3.63) is 109 Å². The number of esters is 3. The molecule has 0 fully saturated rings. The van der Waals surface area contributed by atoms with Crippen LogP contribution in [-0.4, -0.2) is 37.2 Å². The molecule has 0 bridgehead atoms. The maximum Gasteiger partial charge on any atom is 0.306 e. The number of hydrogen-bond donors (Lipinski definition) is 0. The van der Waals surface area contributed by atoms with Crippen molar-refractivity contribution < 1.29 is 28.6 Å². The zero-order valence-corrected chi connectivity index (χ0v) is 46.2. The van der Waals surface area contributed by atoms with E-state index in [0.29, 0.717) is 19.3 Å². The van der Waals surface area contributed by atoms with Gasteiger partial charge in [0.15, 0.2) is 6.10 Å². The Morgan fingerprint density at radius 1 is 0.296 bits per heavy atom. The molecule has 0 saturated carbocycles.